The van der Waals surface area contributed by atoms with Crippen molar-refractivity contribution >= 4 is 23.7 Å². The van der Waals surface area contributed by atoms with Gasteiger partial charge in [-0.1, -0.05) is 34.9 Å². The number of aromatic nitrogens is 2. The second kappa shape index (κ2) is 8.62. The van der Waals surface area contributed by atoms with E-state index in [1.165, 1.54) is 29.5 Å². The lowest BCUT2D eigenvalue weighted by atomic mass is 10.1. The van der Waals surface area contributed by atoms with Crippen LogP contribution in [0.5, 0.6) is 0 Å². The summed E-state index contributed by atoms with van der Waals surface area (Å²) in [4.78, 5) is 12.9. The summed E-state index contributed by atoms with van der Waals surface area (Å²) >= 11 is 1.48. The molecule has 0 aliphatic carbocycles. The third kappa shape index (κ3) is 5.42. The summed E-state index contributed by atoms with van der Waals surface area (Å²) in [5.41, 5.74) is 2.25. The highest BCUT2D eigenvalue weighted by Gasteiger charge is 2.10. The lowest BCUT2D eigenvalue weighted by Gasteiger charge is -2.02. The van der Waals surface area contributed by atoms with Crippen LogP contribution in [0.15, 0.2) is 57.8 Å². The number of anilines is 1. The molecule has 0 bridgehead atoms. The number of aryl methyl sites for hydroxylation is 1. The summed E-state index contributed by atoms with van der Waals surface area (Å²) in [5.74, 6) is 0.543. The zero-order valence-electron chi connectivity index (χ0n) is 14.2. The zero-order chi connectivity index (χ0) is 18.4. The molecule has 134 valence electrons. The summed E-state index contributed by atoms with van der Waals surface area (Å²) in [7, 11) is 0. The second-order valence-electron chi connectivity index (χ2n) is 5.76. The fourth-order valence-corrected chi connectivity index (χ4v) is 3.08. The van der Waals surface area contributed by atoms with Gasteiger partial charge in [-0.3, -0.25) is 10.1 Å². The van der Waals surface area contributed by atoms with Gasteiger partial charge in [-0.25, -0.2) is 4.39 Å². The number of hydrogen-bond acceptors (Lipinski definition) is 5. The molecule has 0 radical (unpaired) electrons. The monoisotopic (exact) mass is 371 g/mol. The highest BCUT2D eigenvalue weighted by atomic mass is 32.2. The molecule has 3 aromatic rings. The van der Waals surface area contributed by atoms with E-state index in [4.69, 9.17) is 4.42 Å². The molecule has 5 nitrogen and oxygen atoms in total. The molecule has 3 rings (SSSR count). The highest BCUT2D eigenvalue weighted by molar-refractivity contribution is 7.99. The van der Waals surface area contributed by atoms with Gasteiger partial charge in [0.25, 0.3) is 0 Å². The average molecular weight is 371 g/mol. The van der Waals surface area contributed by atoms with E-state index in [9.17, 15) is 9.18 Å². The van der Waals surface area contributed by atoms with Gasteiger partial charge in [-0.05, 0) is 36.8 Å². The second-order valence-corrected chi connectivity index (χ2v) is 6.93. The number of nitrogens with one attached hydrogen (secondary N) is 1. The molecule has 1 heterocycles. The molecule has 0 fully saturated rings. The Bertz CT molecular complexity index is 863. The van der Waals surface area contributed by atoms with Crippen LogP contribution >= 0.6 is 11.8 Å². The first-order chi connectivity index (χ1) is 12.6. The van der Waals surface area contributed by atoms with E-state index in [2.05, 4.69) is 15.5 Å². The molecule has 7 heteroatoms. The first kappa shape index (κ1) is 18.1. The molecule has 2 aromatic carbocycles. The van der Waals surface area contributed by atoms with Crippen LogP contribution in [0.4, 0.5) is 10.4 Å². The SMILES string of the molecule is Cc1ccc(Cc2nnc(NC(=O)CCSc3ccc(F)cc3)o2)cc1. The Labute approximate surface area is 155 Å². The molecular formula is C19H18FN3O2S. The van der Waals surface area contributed by atoms with Crippen molar-refractivity contribution in [3.05, 3.63) is 71.4 Å². The van der Waals surface area contributed by atoms with Gasteiger partial charge in [0.05, 0.1) is 6.42 Å². The molecule has 0 atom stereocenters. The van der Waals surface area contributed by atoms with Crippen molar-refractivity contribution in [3.8, 4) is 0 Å². The van der Waals surface area contributed by atoms with Crippen molar-refractivity contribution in [1.82, 2.24) is 10.2 Å². The normalized spacial score (nSPS) is 10.7. The molecular weight excluding hydrogens is 353 g/mol. The van der Waals surface area contributed by atoms with E-state index < -0.39 is 0 Å². The van der Waals surface area contributed by atoms with Gasteiger partial charge in [-0.2, -0.15) is 0 Å². The number of rotatable bonds is 7. The van der Waals surface area contributed by atoms with Crippen LogP contribution in [0.3, 0.4) is 0 Å². The van der Waals surface area contributed by atoms with Gasteiger partial charge >= 0.3 is 6.01 Å². The Kier molecular flexibility index (Phi) is 6.01. The fraction of sp³-hybridized carbons (Fsp3) is 0.211. The predicted molar refractivity (Wildman–Crippen MR) is 98.7 cm³/mol. The minimum absolute atomic E-state index is 0.101. The number of thioether (sulfide) groups is 1. The summed E-state index contributed by atoms with van der Waals surface area (Å²) in [6.07, 6.45) is 0.807. The Morgan fingerprint density at radius 3 is 2.58 bits per heavy atom. The molecule has 0 aliphatic heterocycles. The largest absolute Gasteiger partial charge is 0.407 e. The van der Waals surface area contributed by atoms with Crippen LogP contribution in [-0.2, 0) is 11.2 Å². The number of carbonyl (C=O) groups is 1. The van der Waals surface area contributed by atoms with Crippen LogP contribution in [0, 0.1) is 12.7 Å². The van der Waals surface area contributed by atoms with E-state index in [1.807, 2.05) is 31.2 Å². The van der Waals surface area contributed by atoms with E-state index in [1.54, 1.807) is 12.1 Å². The van der Waals surface area contributed by atoms with E-state index in [0.717, 1.165) is 10.5 Å². The van der Waals surface area contributed by atoms with Crippen molar-refractivity contribution in [2.75, 3.05) is 11.1 Å². The molecule has 0 spiro atoms. The van der Waals surface area contributed by atoms with Gasteiger partial charge < -0.3 is 4.42 Å². The standard InChI is InChI=1S/C19H18FN3O2S/c1-13-2-4-14(5-3-13)12-18-22-23-19(25-18)21-17(24)10-11-26-16-8-6-15(20)7-9-16/h2-9H,10-12H2,1H3,(H,21,23,24). The Morgan fingerprint density at radius 2 is 1.85 bits per heavy atom. The van der Waals surface area contributed by atoms with Crippen LogP contribution in [0.25, 0.3) is 0 Å². The molecule has 0 aliphatic rings. The predicted octanol–water partition coefficient (Wildman–Crippen LogP) is 4.23. The van der Waals surface area contributed by atoms with Crippen molar-refractivity contribution in [1.29, 1.82) is 0 Å². The molecule has 0 saturated carbocycles. The first-order valence-electron chi connectivity index (χ1n) is 8.14. The number of amides is 1. The lowest BCUT2D eigenvalue weighted by molar-refractivity contribution is -0.115. The first-order valence-corrected chi connectivity index (χ1v) is 9.13. The van der Waals surface area contributed by atoms with Crippen LogP contribution in [0.1, 0.15) is 23.4 Å². The molecule has 1 N–H and O–H groups in total. The minimum Gasteiger partial charge on any atom is -0.407 e. The third-order valence-corrected chi connectivity index (χ3v) is 4.61. The van der Waals surface area contributed by atoms with Crippen molar-refractivity contribution < 1.29 is 13.6 Å². The van der Waals surface area contributed by atoms with Gasteiger partial charge in [-0.15, -0.1) is 16.9 Å². The van der Waals surface area contributed by atoms with Gasteiger partial charge in [0, 0.05) is 17.1 Å². The summed E-state index contributed by atoms with van der Waals surface area (Å²) in [5, 5.41) is 10.4. The number of halogens is 1. The molecule has 1 aromatic heterocycles. The Hall–Kier alpha value is -2.67. The summed E-state index contributed by atoms with van der Waals surface area (Å²) in [6, 6.07) is 14.3. The average Bonchev–Trinajstić information content (AvgIpc) is 3.05. The van der Waals surface area contributed by atoms with Crippen LogP contribution in [0.2, 0.25) is 0 Å². The van der Waals surface area contributed by atoms with Gasteiger partial charge in [0.15, 0.2) is 0 Å². The molecule has 26 heavy (non-hydrogen) atoms. The smallest absolute Gasteiger partial charge is 0.322 e. The maximum Gasteiger partial charge on any atom is 0.322 e. The van der Waals surface area contributed by atoms with Gasteiger partial charge in [0.2, 0.25) is 11.8 Å². The van der Waals surface area contributed by atoms with E-state index in [0.29, 0.717) is 18.1 Å². The maximum atomic E-state index is 12.8. The highest BCUT2D eigenvalue weighted by Crippen LogP contribution is 2.19. The molecule has 0 saturated heterocycles. The quantitative estimate of drug-likeness (QED) is 0.630. The molecule has 0 unspecified atom stereocenters. The lowest BCUT2D eigenvalue weighted by Crippen LogP contribution is -2.12. The number of hydrogen-bond donors (Lipinski definition) is 1. The van der Waals surface area contributed by atoms with Crippen molar-refractivity contribution in [2.45, 2.75) is 24.7 Å². The van der Waals surface area contributed by atoms with Crippen LogP contribution < -0.4 is 5.32 Å². The van der Waals surface area contributed by atoms with Crippen LogP contribution in [-0.4, -0.2) is 21.9 Å². The van der Waals surface area contributed by atoms with Gasteiger partial charge in [0.1, 0.15) is 5.82 Å². The minimum atomic E-state index is -0.273. The van der Waals surface area contributed by atoms with Crippen molar-refractivity contribution in [2.24, 2.45) is 0 Å². The summed E-state index contributed by atoms with van der Waals surface area (Å²) in [6.45, 7) is 2.03. The number of carbonyl (C=O) groups excluding carboxylic acids is 1. The van der Waals surface area contributed by atoms with E-state index in [-0.39, 0.29) is 24.2 Å². The topological polar surface area (TPSA) is 68.0 Å². The Morgan fingerprint density at radius 1 is 1.12 bits per heavy atom. The fourth-order valence-electron chi connectivity index (χ4n) is 2.23. The zero-order valence-corrected chi connectivity index (χ0v) is 15.1. The maximum absolute atomic E-state index is 12.8. The number of nitrogens with zero attached hydrogens (tertiary/aromatic N) is 2. The Balaban J connectivity index is 1.45. The number of benzene rings is 2. The molecule has 1 amide bonds. The summed E-state index contributed by atoms with van der Waals surface area (Å²) < 4.78 is 18.3. The van der Waals surface area contributed by atoms with E-state index >= 15 is 0 Å². The third-order valence-electron chi connectivity index (χ3n) is 3.60. The van der Waals surface area contributed by atoms with Crippen molar-refractivity contribution in [3.63, 3.8) is 0 Å².